The van der Waals surface area contributed by atoms with E-state index in [4.69, 9.17) is 0 Å². The van der Waals surface area contributed by atoms with Gasteiger partial charge < -0.3 is 14.1 Å². The number of nitrogens with one attached hydrogen (secondary N) is 1. The van der Waals surface area contributed by atoms with E-state index in [1.807, 2.05) is 61.5 Å². The molecular weight excluding hydrogens is 727 g/mol. The van der Waals surface area contributed by atoms with Crippen LogP contribution in [-0.4, -0.2) is 14.1 Å². The fourth-order valence-electron chi connectivity index (χ4n) is 8.06. The number of fused-ring (bicyclic) bond motifs is 7. The first-order valence-electron chi connectivity index (χ1n) is 22.0. The molecule has 3 nitrogen and oxygen atoms in total. The molecule has 0 saturated carbocycles. The molecule has 9 aromatic rings. The average molecular weight is 790 g/mol. The van der Waals surface area contributed by atoms with E-state index >= 15 is 0 Å². The van der Waals surface area contributed by atoms with Crippen molar-refractivity contribution in [1.82, 2.24) is 14.1 Å². The maximum absolute atomic E-state index is 4.23. The molecule has 0 bridgehead atoms. The zero-order valence-electron chi connectivity index (χ0n) is 37.7. The number of hydrogen-bond donors (Lipinski definition) is 1. The predicted octanol–water partition coefficient (Wildman–Crippen LogP) is 17.9. The van der Waals surface area contributed by atoms with Crippen molar-refractivity contribution in [2.75, 3.05) is 0 Å². The van der Waals surface area contributed by atoms with Crippen LogP contribution < -0.4 is 0 Å². The van der Waals surface area contributed by atoms with Crippen molar-refractivity contribution in [3.8, 4) is 27.9 Å². The normalized spacial score (nSPS) is 11.3. The molecule has 0 unspecified atom stereocenters. The highest BCUT2D eigenvalue weighted by Gasteiger charge is 2.17. The molecule has 9 rings (SSSR count). The second-order valence-electron chi connectivity index (χ2n) is 13.3. The molecule has 0 fully saturated rings. The first kappa shape index (κ1) is 44.5. The van der Waals surface area contributed by atoms with Crippen LogP contribution in [0.3, 0.4) is 0 Å². The third-order valence-electron chi connectivity index (χ3n) is 10.4. The molecule has 0 amide bonds. The Bertz CT molecular complexity index is 2940. The fourth-order valence-corrected chi connectivity index (χ4v) is 8.06. The van der Waals surface area contributed by atoms with E-state index in [1.165, 1.54) is 71.4 Å². The van der Waals surface area contributed by atoms with Crippen LogP contribution in [-0.2, 0) is 0 Å². The molecular formula is C57H63N3. The maximum Gasteiger partial charge on any atom is 0.0541 e. The van der Waals surface area contributed by atoms with E-state index < -0.39 is 0 Å². The zero-order chi connectivity index (χ0) is 43.3. The van der Waals surface area contributed by atoms with Gasteiger partial charge in [0.15, 0.2) is 0 Å². The van der Waals surface area contributed by atoms with Gasteiger partial charge in [-0.25, -0.2) is 0 Å². The maximum atomic E-state index is 4.23. The van der Waals surface area contributed by atoms with Crippen LogP contribution in [0.5, 0.6) is 0 Å². The Morgan fingerprint density at radius 2 is 1.00 bits per heavy atom. The van der Waals surface area contributed by atoms with Crippen LogP contribution in [0.25, 0.3) is 100 Å². The number of nitrogens with zero attached hydrogens (tertiary/aromatic N) is 2. The number of rotatable bonds is 7. The fraction of sp³-hybridized carbons (Fsp3) is 0.193. The molecule has 3 aromatic heterocycles. The first-order chi connectivity index (χ1) is 29.6. The second-order valence-corrected chi connectivity index (χ2v) is 13.3. The van der Waals surface area contributed by atoms with Crippen LogP contribution in [0.15, 0.2) is 158 Å². The van der Waals surface area contributed by atoms with Gasteiger partial charge in [0.1, 0.15) is 0 Å². The van der Waals surface area contributed by atoms with Crippen LogP contribution in [0.2, 0.25) is 0 Å². The summed E-state index contributed by atoms with van der Waals surface area (Å²) in [6.07, 6.45) is 12.7. The first-order valence-corrected chi connectivity index (χ1v) is 22.0. The molecule has 0 saturated heterocycles. The van der Waals surface area contributed by atoms with Crippen molar-refractivity contribution in [3.05, 3.63) is 170 Å². The average Bonchev–Trinajstić information content (AvgIpc) is 3.97. The lowest BCUT2D eigenvalue weighted by Crippen LogP contribution is -1.96. The highest BCUT2D eigenvalue weighted by Crippen LogP contribution is 2.39. The highest BCUT2D eigenvalue weighted by atomic mass is 15.0. The summed E-state index contributed by atoms with van der Waals surface area (Å²) in [5.41, 5.74) is 15.2. The summed E-state index contributed by atoms with van der Waals surface area (Å²) in [5, 5.41) is 6.15. The van der Waals surface area contributed by atoms with Gasteiger partial charge >= 0.3 is 0 Å². The van der Waals surface area contributed by atoms with Crippen molar-refractivity contribution in [2.45, 2.75) is 76.2 Å². The number of allylic oxidation sites excluding steroid dienone is 5. The minimum absolute atomic E-state index is 1.13. The molecule has 60 heavy (non-hydrogen) atoms. The quantitative estimate of drug-likeness (QED) is 0.156. The number of para-hydroxylation sites is 2. The van der Waals surface area contributed by atoms with E-state index in [0.717, 1.165) is 28.0 Å². The Labute approximate surface area is 358 Å². The smallest absolute Gasteiger partial charge is 0.0541 e. The minimum Gasteiger partial charge on any atom is -0.355 e. The number of aromatic nitrogens is 3. The largest absolute Gasteiger partial charge is 0.355 e. The van der Waals surface area contributed by atoms with E-state index in [-0.39, 0.29) is 0 Å². The van der Waals surface area contributed by atoms with Crippen molar-refractivity contribution < 1.29 is 0 Å². The van der Waals surface area contributed by atoms with Gasteiger partial charge in [-0.05, 0) is 122 Å². The van der Waals surface area contributed by atoms with E-state index in [2.05, 4.69) is 199 Å². The van der Waals surface area contributed by atoms with Crippen LogP contribution in [0, 0.1) is 0 Å². The molecule has 306 valence electrons. The number of benzene rings is 6. The lowest BCUT2D eigenvalue weighted by atomic mass is 9.98. The molecule has 0 spiro atoms. The van der Waals surface area contributed by atoms with Gasteiger partial charge in [0.2, 0.25) is 0 Å². The molecule has 3 heterocycles. The standard InChI is InChI=1S/C49H39N3.4C2H6/c1-5-14-36(7-3)51-47-19-13-12-18-39(47)43-31-35(23-27-49(43)51)33-21-25-45-41(29-33)40-28-32(20-24-44(40)50-45)34-22-26-48-42(30-34)38(8-4)46(15-6-2)52(48)37-16-10-9-11-17-37;4*1-2/h5-31,50H,4H2,1-3H3;4*1-2H3/b14-5-,15-6-,36-7+;;;;. The molecule has 0 atom stereocenters. The molecule has 1 N–H and O–H groups in total. The number of hydrogen-bond acceptors (Lipinski definition) is 0. The molecule has 0 aliphatic heterocycles. The Kier molecular flexibility index (Phi) is 15.5. The van der Waals surface area contributed by atoms with Crippen molar-refractivity contribution in [1.29, 1.82) is 0 Å². The van der Waals surface area contributed by atoms with Gasteiger partial charge in [-0.1, -0.05) is 147 Å². The van der Waals surface area contributed by atoms with Crippen LogP contribution in [0.1, 0.15) is 87.4 Å². The van der Waals surface area contributed by atoms with Crippen molar-refractivity contribution in [3.63, 3.8) is 0 Å². The van der Waals surface area contributed by atoms with Crippen molar-refractivity contribution in [2.24, 2.45) is 0 Å². The minimum atomic E-state index is 1.13. The second kappa shape index (κ2) is 20.9. The SMILES string of the molecule is C=Cc1c(/C=C\C)n(-c2ccccc2)c2ccc(-c3ccc4[nH]c5ccc(-c6ccc7c(c6)c6ccccc6n7C(/C=C\C)=C/C)cc5c4c3)cc12.CC.CC.CC.CC. The lowest BCUT2D eigenvalue weighted by molar-refractivity contribution is 1.10. The molecule has 0 radical (unpaired) electrons. The number of H-pyrrole nitrogens is 1. The van der Waals surface area contributed by atoms with E-state index in [0.29, 0.717) is 0 Å². The summed E-state index contributed by atoms with van der Waals surface area (Å²) in [7, 11) is 0. The van der Waals surface area contributed by atoms with Gasteiger partial charge in [0, 0.05) is 54.9 Å². The van der Waals surface area contributed by atoms with Gasteiger partial charge in [-0.3, -0.25) is 0 Å². The predicted molar refractivity (Wildman–Crippen MR) is 271 cm³/mol. The molecule has 0 aliphatic carbocycles. The van der Waals surface area contributed by atoms with E-state index in [1.54, 1.807) is 0 Å². The van der Waals surface area contributed by atoms with Gasteiger partial charge in [0.25, 0.3) is 0 Å². The van der Waals surface area contributed by atoms with Crippen molar-refractivity contribution >= 4 is 72.4 Å². The summed E-state index contributed by atoms with van der Waals surface area (Å²) >= 11 is 0. The summed E-state index contributed by atoms with van der Waals surface area (Å²) in [4.78, 5) is 3.67. The van der Waals surface area contributed by atoms with Gasteiger partial charge in [-0.2, -0.15) is 0 Å². The zero-order valence-corrected chi connectivity index (χ0v) is 37.7. The van der Waals surface area contributed by atoms with Crippen LogP contribution in [0.4, 0.5) is 0 Å². The topological polar surface area (TPSA) is 25.6 Å². The monoisotopic (exact) mass is 790 g/mol. The summed E-state index contributed by atoms with van der Waals surface area (Å²) < 4.78 is 4.70. The van der Waals surface area contributed by atoms with Gasteiger partial charge in [-0.15, -0.1) is 0 Å². The van der Waals surface area contributed by atoms with Crippen LogP contribution >= 0.6 is 0 Å². The summed E-state index contributed by atoms with van der Waals surface area (Å²) in [6.45, 7) is 26.5. The Balaban J connectivity index is 0.000000807. The highest BCUT2D eigenvalue weighted by molar-refractivity contribution is 6.13. The Morgan fingerprint density at radius 1 is 0.500 bits per heavy atom. The third kappa shape index (κ3) is 8.18. The molecule has 3 heteroatoms. The molecule has 0 aliphatic rings. The molecule has 6 aromatic carbocycles. The van der Waals surface area contributed by atoms with E-state index in [9.17, 15) is 0 Å². The lowest BCUT2D eigenvalue weighted by Gasteiger charge is -2.09. The Hall–Kier alpha value is -6.58. The summed E-state index contributed by atoms with van der Waals surface area (Å²) in [5.74, 6) is 0. The number of aromatic amines is 1. The summed E-state index contributed by atoms with van der Waals surface area (Å²) in [6, 6.07) is 46.6. The Morgan fingerprint density at radius 3 is 1.55 bits per heavy atom. The van der Waals surface area contributed by atoms with Gasteiger partial charge in [0.05, 0.1) is 22.2 Å². The third-order valence-corrected chi connectivity index (χ3v) is 10.4.